The van der Waals surface area contributed by atoms with E-state index in [1.807, 2.05) is 11.9 Å². The smallest absolute Gasteiger partial charge is 0.234 e. The molecule has 0 aromatic heterocycles. The van der Waals surface area contributed by atoms with E-state index >= 15 is 0 Å². The van der Waals surface area contributed by atoms with E-state index in [1.54, 1.807) is 0 Å². The van der Waals surface area contributed by atoms with Crippen LogP contribution in [0.2, 0.25) is 0 Å². The maximum absolute atomic E-state index is 12.2. The number of carbonyl (C=O) groups is 2. The predicted octanol–water partition coefficient (Wildman–Crippen LogP) is 1.67. The Morgan fingerprint density at radius 3 is 2.19 bits per heavy atom. The fourth-order valence-corrected chi connectivity index (χ4v) is 3.61. The van der Waals surface area contributed by atoms with Crippen LogP contribution in [0.3, 0.4) is 0 Å². The molecular weight excluding hydrogens is 375 g/mol. The number of amides is 2. The highest BCUT2D eigenvalue weighted by molar-refractivity contribution is 5.85. The summed E-state index contributed by atoms with van der Waals surface area (Å²) in [6.07, 6.45) is 6.17. The maximum Gasteiger partial charge on any atom is 0.234 e. The van der Waals surface area contributed by atoms with Crippen molar-refractivity contribution in [3.63, 3.8) is 0 Å². The molecular formula is C18H36Cl2N4O2. The SMILES string of the molecule is CNCCCC(=O)N1CCN(CC(=O)NC2CCC(C)CC2)CC1.Cl.Cl. The molecule has 0 bridgehead atoms. The van der Waals surface area contributed by atoms with Crippen LogP contribution in [0.15, 0.2) is 0 Å². The zero-order valence-corrected chi connectivity index (χ0v) is 17.8. The Kier molecular flexibility index (Phi) is 13.3. The van der Waals surface area contributed by atoms with Gasteiger partial charge in [0.15, 0.2) is 0 Å². The molecule has 0 spiro atoms. The second-order valence-electron chi connectivity index (χ2n) is 7.39. The van der Waals surface area contributed by atoms with Gasteiger partial charge in [-0.05, 0) is 51.6 Å². The summed E-state index contributed by atoms with van der Waals surface area (Å²) in [5, 5.41) is 6.25. The number of carbonyl (C=O) groups excluding carboxylic acids is 2. The monoisotopic (exact) mass is 410 g/mol. The first kappa shape index (κ1) is 25.4. The second kappa shape index (κ2) is 13.6. The lowest BCUT2D eigenvalue weighted by atomic mass is 9.87. The molecule has 1 heterocycles. The number of halogens is 2. The number of hydrogen-bond acceptors (Lipinski definition) is 4. The first-order valence-corrected chi connectivity index (χ1v) is 9.52. The van der Waals surface area contributed by atoms with Crippen LogP contribution in [0.1, 0.15) is 45.4 Å². The molecule has 6 nitrogen and oxygen atoms in total. The summed E-state index contributed by atoms with van der Waals surface area (Å²) in [6.45, 7) is 6.72. The van der Waals surface area contributed by atoms with Gasteiger partial charge in [-0.2, -0.15) is 0 Å². The molecule has 0 aromatic rings. The Hall–Kier alpha value is -0.560. The normalized spacial score (nSPS) is 23.5. The highest BCUT2D eigenvalue weighted by Crippen LogP contribution is 2.23. The van der Waals surface area contributed by atoms with Crippen LogP contribution in [-0.4, -0.2) is 74.0 Å². The van der Waals surface area contributed by atoms with Crippen LogP contribution in [0.5, 0.6) is 0 Å². The van der Waals surface area contributed by atoms with Crippen molar-refractivity contribution in [1.82, 2.24) is 20.4 Å². The number of nitrogens with one attached hydrogen (secondary N) is 2. The van der Waals surface area contributed by atoms with Gasteiger partial charge >= 0.3 is 0 Å². The Bertz CT molecular complexity index is 410. The average molecular weight is 411 g/mol. The minimum Gasteiger partial charge on any atom is -0.352 e. The summed E-state index contributed by atoms with van der Waals surface area (Å²) < 4.78 is 0. The lowest BCUT2D eigenvalue weighted by molar-refractivity contribution is -0.133. The Labute approximate surface area is 170 Å². The van der Waals surface area contributed by atoms with Crippen LogP contribution in [0.25, 0.3) is 0 Å². The van der Waals surface area contributed by atoms with Crippen LogP contribution < -0.4 is 10.6 Å². The van der Waals surface area contributed by atoms with Crippen LogP contribution >= 0.6 is 24.8 Å². The quantitative estimate of drug-likeness (QED) is 0.626. The van der Waals surface area contributed by atoms with Gasteiger partial charge in [0.1, 0.15) is 0 Å². The topological polar surface area (TPSA) is 64.7 Å². The fourth-order valence-electron chi connectivity index (χ4n) is 3.61. The Balaban J connectivity index is 0.00000312. The van der Waals surface area contributed by atoms with E-state index in [2.05, 4.69) is 22.5 Å². The van der Waals surface area contributed by atoms with Gasteiger partial charge in [0.25, 0.3) is 0 Å². The molecule has 1 saturated carbocycles. The lowest BCUT2D eigenvalue weighted by Gasteiger charge is -2.35. The third-order valence-electron chi connectivity index (χ3n) is 5.29. The molecule has 1 saturated heterocycles. The number of piperazine rings is 1. The molecule has 2 rings (SSSR count). The van der Waals surface area contributed by atoms with E-state index in [4.69, 9.17) is 0 Å². The summed E-state index contributed by atoms with van der Waals surface area (Å²) in [7, 11) is 1.90. The van der Waals surface area contributed by atoms with Crippen molar-refractivity contribution in [2.75, 3.05) is 46.3 Å². The van der Waals surface area contributed by atoms with Crippen molar-refractivity contribution in [1.29, 1.82) is 0 Å². The summed E-state index contributed by atoms with van der Waals surface area (Å²) in [4.78, 5) is 28.4. The molecule has 2 fully saturated rings. The van der Waals surface area contributed by atoms with E-state index in [0.717, 1.165) is 57.9 Å². The van der Waals surface area contributed by atoms with E-state index in [9.17, 15) is 9.59 Å². The van der Waals surface area contributed by atoms with E-state index < -0.39 is 0 Å². The van der Waals surface area contributed by atoms with Gasteiger partial charge < -0.3 is 15.5 Å². The zero-order chi connectivity index (χ0) is 17.4. The van der Waals surface area contributed by atoms with Crippen molar-refractivity contribution in [2.24, 2.45) is 5.92 Å². The third-order valence-corrected chi connectivity index (χ3v) is 5.29. The summed E-state index contributed by atoms with van der Waals surface area (Å²) in [5.74, 6) is 1.19. The average Bonchev–Trinajstić information content (AvgIpc) is 2.58. The Morgan fingerprint density at radius 2 is 1.62 bits per heavy atom. The largest absolute Gasteiger partial charge is 0.352 e. The van der Waals surface area contributed by atoms with Crippen molar-refractivity contribution in [2.45, 2.75) is 51.5 Å². The van der Waals surface area contributed by atoms with E-state index in [-0.39, 0.29) is 36.6 Å². The first-order chi connectivity index (χ1) is 11.6. The molecule has 26 heavy (non-hydrogen) atoms. The molecule has 0 radical (unpaired) electrons. The highest BCUT2D eigenvalue weighted by Gasteiger charge is 2.24. The Morgan fingerprint density at radius 1 is 1.00 bits per heavy atom. The molecule has 154 valence electrons. The second-order valence-corrected chi connectivity index (χ2v) is 7.39. The molecule has 0 aromatic carbocycles. The van der Waals surface area contributed by atoms with Gasteiger partial charge in [0.2, 0.25) is 11.8 Å². The molecule has 8 heteroatoms. The molecule has 1 aliphatic heterocycles. The van der Waals surface area contributed by atoms with Gasteiger partial charge in [-0.1, -0.05) is 6.92 Å². The van der Waals surface area contributed by atoms with Gasteiger partial charge in [0, 0.05) is 38.6 Å². The third kappa shape index (κ3) is 8.89. The summed E-state index contributed by atoms with van der Waals surface area (Å²) >= 11 is 0. The van der Waals surface area contributed by atoms with E-state index in [1.165, 1.54) is 12.8 Å². The standard InChI is InChI=1S/C18H34N4O2.2ClH/c1-15-5-7-16(8-6-15)20-17(23)14-21-10-12-22(13-11-21)18(24)4-3-9-19-2;;/h15-16,19H,3-14H2,1-2H3,(H,20,23);2*1H. The summed E-state index contributed by atoms with van der Waals surface area (Å²) in [5.41, 5.74) is 0. The zero-order valence-electron chi connectivity index (χ0n) is 16.2. The van der Waals surface area contributed by atoms with Crippen molar-refractivity contribution in [3.8, 4) is 0 Å². The number of rotatable bonds is 7. The molecule has 2 aliphatic rings. The van der Waals surface area contributed by atoms with Crippen LogP contribution in [0.4, 0.5) is 0 Å². The first-order valence-electron chi connectivity index (χ1n) is 9.52. The summed E-state index contributed by atoms with van der Waals surface area (Å²) in [6, 6.07) is 0.365. The number of hydrogen-bond donors (Lipinski definition) is 2. The lowest BCUT2D eigenvalue weighted by Crippen LogP contribution is -2.52. The van der Waals surface area contributed by atoms with Crippen molar-refractivity contribution >= 4 is 36.6 Å². The molecule has 2 N–H and O–H groups in total. The highest BCUT2D eigenvalue weighted by atomic mass is 35.5. The number of nitrogens with zero attached hydrogens (tertiary/aromatic N) is 2. The van der Waals surface area contributed by atoms with Gasteiger partial charge in [0.05, 0.1) is 6.54 Å². The molecule has 2 amide bonds. The molecule has 0 atom stereocenters. The van der Waals surface area contributed by atoms with Gasteiger partial charge in [-0.3, -0.25) is 14.5 Å². The van der Waals surface area contributed by atoms with Crippen LogP contribution in [0, 0.1) is 5.92 Å². The maximum atomic E-state index is 12.2. The van der Waals surface area contributed by atoms with Gasteiger partial charge in [-0.15, -0.1) is 24.8 Å². The van der Waals surface area contributed by atoms with Crippen LogP contribution in [-0.2, 0) is 9.59 Å². The van der Waals surface area contributed by atoms with Gasteiger partial charge in [-0.25, -0.2) is 0 Å². The van der Waals surface area contributed by atoms with Crippen molar-refractivity contribution in [3.05, 3.63) is 0 Å². The molecule has 0 unspecified atom stereocenters. The van der Waals surface area contributed by atoms with Crippen molar-refractivity contribution < 1.29 is 9.59 Å². The minimum absolute atomic E-state index is 0. The van der Waals surface area contributed by atoms with E-state index in [0.29, 0.717) is 19.0 Å². The molecule has 1 aliphatic carbocycles. The predicted molar refractivity (Wildman–Crippen MR) is 110 cm³/mol. The minimum atomic E-state index is 0. The fraction of sp³-hybridized carbons (Fsp3) is 0.889.